The van der Waals surface area contributed by atoms with Gasteiger partial charge in [0.25, 0.3) is 0 Å². The number of ketones is 1. The van der Waals surface area contributed by atoms with E-state index in [1.807, 2.05) is 0 Å². The van der Waals surface area contributed by atoms with Crippen molar-refractivity contribution in [2.24, 2.45) is 0 Å². The molecule has 4 nitrogen and oxygen atoms in total. The largest absolute Gasteiger partial charge is 0.483 e. The summed E-state index contributed by atoms with van der Waals surface area (Å²) in [5.41, 5.74) is -0.00797. The van der Waals surface area contributed by atoms with E-state index in [2.05, 4.69) is 9.72 Å². The Balaban J connectivity index is 2.04. The maximum atomic E-state index is 12.6. The number of Topliss-reactive ketones (excluding diaryl/α,β-unsaturated/α-hetero) is 1. The molecule has 0 aliphatic carbocycles. The van der Waals surface area contributed by atoms with Crippen LogP contribution in [0.25, 0.3) is 0 Å². The van der Waals surface area contributed by atoms with Crippen LogP contribution in [0, 0.1) is 0 Å². The number of carbonyl (C=O) groups excluding carboxylic acids is 1. The monoisotopic (exact) mass is 449 g/mol. The Hall–Kier alpha value is -2.62. The van der Waals surface area contributed by atoms with Gasteiger partial charge in [-0.15, -0.1) is 0 Å². The van der Waals surface area contributed by atoms with Gasteiger partial charge in [0.2, 0.25) is 0 Å². The van der Waals surface area contributed by atoms with Crippen LogP contribution in [0.15, 0.2) is 42.6 Å². The van der Waals surface area contributed by atoms with Crippen LogP contribution in [0.4, 0.5) is 26.3 Å². The minimum absolute atomic E-state index is 0.0400. The molecule has 0 fully saturated rings. The van der Waals surface area contributed by atoms with Crippen molar-refractivity contribution < 1.29 is 41.0 Å². The molecule has 2 unspecified atom stereocenters. The number of benzene rings is 1. The number of alkyl halides is 6. The second kappa shape index (κ2) is 10.1. The number of pyridine rings is 1. The van der Waals surface area contributed by atoms with Gasteiger partial charge in [0.05, 0.1) is 17.9 Å². The normalized spacial score (nSPS) is 14.2. The van der Waals surface area contributed by atoms with Gasteiger partial charge >= 0.3 is 12.4 Å². The molecular weight excluding hydrogens is 428 g/mol. The molecule has 31 heavy (non-hydrogen) atoms. The predicted octanol–water partition coefficient (Wildman–Crippen LogP) is 5.10. The van der Waals surface area contributed by atoms with Crippen molar-refractivity contribution in [2.75, 3.05) is 6.61 Å². The molecule has 10 heteroatoms. The van der Waals surface area contributed by atoms with Gasteiger partial charge in [-0.05, 0) is 43.2 Å². The average Bonchev–Trinajstić information content (AvgIpc) is 2.65. The molecule has 1 heterocycles. The number of aliphatic hydroxyl groups excluding tert-OH is 1. The van der Waals surface area contributed by atoms with Gasteiger partial charge < -0.3 is 9.84 Å². The first-order valence-electron chi connectivity index (χ1n) is 9.35. The predicted molar refractivity (Wildman–Crippen MR) is 99.6 cm³/mol. The van der Waals surface area contributed by atoms with Crippen molar-refractivity contribution in [3.63, 3.8) is 0 Å². The molecule has 1 aromatic carbocycles. The van der Waals surface area contributed by atoms with Crippen molar-refractivity contribution in [1.82, 2.24) is 4.98 Å². The number of halogens is 6. The third kappa shape index (κ3) is 8.56. The van der Waals surface area contributed by atoms with E-state index in [1.54, 1.807) is 0 Å². The number of aliphatic hydroxyl groups is 1. The second-order valence-electron chi connectivity index (χ2n) is 7.22. The molecule has 2 aromatic rings. The number of rotatable bonds is 9. The standard InChI is InChI=1S/C21H21F6NO3/c1-13(29)8-15(19-7-6-18(11-28-19)31-12-20(22,23)24)10-17(30)9-14-2-4-16(5-3-14)21(25,26)27/h2-7,11,13,15,29H,8-10,12H2,1H3. The molecule has 0 aliphatic rings. The lowest BCUT2D eigenvalue weighted by atomic mass is 9.90. The quantitative estimate of drug-likeness (QED) is 0.542. The van der Waals surface area contributed by atoms with Crippen LogP contribution < -0.4 is 4.74 Å². The molecule has 0 spiro atoms. The van der Waals surface area contributed by atoms with Gasteiger partial charge in [0, 0.05) is 24.5 Å². The molecule has 1 N–H and O–H groups in total. The number of nitrogens with zero attached hydrogens (tertiary/aromatic N) is 1. The van der Waals surface area contributed by atoms with E-state index >= 15 is 0 Å². The number of ether oxygens (including phenoxy) is 1. The minimum Gasteiger partial charge on any atom is -0.483 e. The fourth-order valence-electron chi connectivity index (χ4n) is 2.99. The van der Waals surface area contributed by atoms with Crippen LogP contribution in [0.1, 0.15) is 42.5 Å². The lowest BCUT2D eigenvalue weighted by molar-refractivity contribution is -0.153. The van der Waals surface area contributed by atoms with E-state index in [1.165, 1.54) is 31.2 Å². The molecule has 0 saturated heterocycles. The first-order chi connectivity index (χ1) is 14.3. The summed E-state index contributed by atoms with van der Waals surface area (Å²) >= 11 is 0. The summed E-state index contributed by atoms with van der Waals surface area (Å²) in [6.45, 7) is 0.0604. The van der Waals surface area contributed by atoms with Gasteiger partial charge in [0.1, 0.15) is 11.5 Å². The maximum Gasteiger partial charge on any atom is 0.422 e. The Morgan fingerprint density at radius 3 is 2.19 bits per heavy atom. The van der Waals surface area contributed by atoms with Crippen LogP contribution >= 0.6 is 0 Å². The van der Waals surface area contributed by atoms with Crippen molar-refractivity contribution in [3.8, 4) is 5.75 Å². The molecular formula is C21H21F6NO3. The second-order valence-corrected chi connectivity index (χ2v) is 7.22. The first-order valence-corrected chi connectivity index (χ1v) is 9.35. The van der Waals surface area contributed by atoms with Crippen molar-refractivity contribution in [1.29, 1.82) is 0 Å². The van der Waals surface area contributed by atoms with E-state index in [9.17, 15) is 36.2 Å². The SMILES string of the molecule is CC(O)CC(CC(=O)Cc1ccc(C(F)(F)F)cc1)c1ccc(OCC(F)(F)F)cn1. The Kier molecular flexibility index (Phi) is 8.05. The minimum atomic E-state index is -4.49. The molecule has 170 valence electrons. The van der Waals surface area contributed by atoms with Gasteiger partial charge in [-0.2, -0.15) is 26.3 Å². The lowest BCUT2D eigenvalue weighted by Crippen LogP contribution is -2.19. The fraction of sp³-hybridized carbons (Fsp3) is 0.429. The molecule has 0 bridgehead atoms. The number of hydrogen-bond acceptors (Lipinski definition) is 4. The zero-order chi connectivity index (χ0) is 23.2. The maximum absolute atomic E-state index is 12.6. The molecule has 0 radical (unpaired) electrons. The number of carbonyl (C=O) groups is 1. The molecule has 0 amide bonds. The summed E-state index contributed by atoms with van der Waals surface area (Å²) in [6.07, 6.45) is -8.58. The van der Waals surface area contributed by atoms with Gasteiger partial charge in [-0.1, -0.05) is 12.1 Å². The Morgan fingerprint density at radius 2 is 1.71 bits per heavy atom. The zero-order valence-electron chi connectivity index (χ0n) is 16.5. The van der Waals surface area contributed by atoms with Gasteiger partial charge in [-0.25, -0.2) is 0 Å². The third-order valence-corrected chi connectivity index (χ3v) is 4.36. The average molecular weight is 449 g/mol. The van der Waals surface area contributed by atoms with Gasteiger partial charge in [0.15, 0.2) is 6.61 Å². The van der Waals surface area contributed by atoms with Gasteiger partial charge in [-0.3, -0.25) is 9.78 Å². The third-order valence-electron chi connectivity index (χ3n) is 4.36. The summed E-state index contributed by atoms with van der Waals surface area (Å²) in [4.78, 5) is 16.5. The molecule has 0 aliphatic heterocycles. The van der Waals surface area contributed by atoms with E-state index in [4.69, 9.17) is 0 Å². The Labute approximate surface area is 174 Å². The molecule has 2 rings (SSSR count). The fourth-order valence-corrected chi connectivity index (χ4v) is 2.99. The van der Waals surface area contributed by atoms with Crippen LogP contribution in [0.2, 0.25) is 0 Å². The van der Waals surface area contributed by atoms with E-state index in [0.717, 1.165) is 18.3 Å². The highest BCUT2D eigenvalue weighted by atomic mass is 19.4. The Morgan fingerprint density at radius 1 is 1.06 bits per heavy atom. The Bertz CT molecular complexity index is 845. The summed E-state index contributed by atoms with van der Waals surface area (Å²) in [5.74, 6) is -0.879. The van der Waals surface area contributed by atoms with Crippen LogP contribution in [-0.4, -0.2) is 34.8 Å². The van der Waals surface area contributed by atoms with E-state index in [-0.39, 0.29) is 30.8 Å². The molecule has 0 saturated carbocycles. The summed E-state index contributed by atoms with van der Waals surface area (Å²) in [5, 5.41) is 9.73. The lowest BCUT2D eigenvalue weighted by Gasteiger charge is -2.18. The highest BCUT2D eigenvalue weighted by Gasteiger charge is 2.30. The molecule has 2 atom stereocenters. The number of hydrogen-bond donors (Lipinski definition) is 1. The molecule has 1 aromatic heterocycles. The van der Waals surface area contributed by atoms with Crippen LogP contribution in [0.3, 0.4) is 0 Å². The number of aromatic nitrogens is 1. The van der Waals surface area contributed by atoms with Crippen LogP contribution in [0.5, 0.6) is 5.75 Å². The summed E-state index contributed by atoms with van der Waals surface area (Å²) in [7, 11) is 0. The topological polar surface area (TPSA) is 59.4 Å². The first kappa shape index (κ1) is 24.6. The van der Waals surface area contributed by atoms with Crippen LogP contribution in [-0.2, 0) is 17.4 Å². The zero-order valence-corrected chi connectivity index (χ0v) is 16.5. The summed E-state index contributed by atoms with van der Waals surface area (Å²) < 4.78 is 79.2. The van der Waals surface area contributed by atoms with Crippen molar-refractivity contribution in [2.45, 2.75) is 50.6 Å². The summed E-state index contributed by atoms with van der Waals surface area (Å²) in [6, 6.07) is 6.98. The highest BCUT2D eigenvalue weighted by molar-refractivity contribution is 5.81. The highest BCUT2D eigenvalue weighted by Crippen LogP contribution is 2.30. The smallest absolute Gasteiger partial charge is 0.422 e. The van der Waals surface area contributed by atoms with E-state index in [0.29, 0.717) is 11.3 Å². The van der Waals surface area contributed by atoms with Crippen molar-refractivity contribution in [3.05, 3.63) is 59.4 Å². The van der Waals surface area contributed by atoms with E-state index < -0.39 is 36.5 Å². The van der Waals surface area contributed by atoms with Crippen molar-refractivity contribution >= 4 is 5.78 Å².